The highest BCUT2D eigenvalue weighted by atomic mass is 19.4. The summed E-state index contributed by atoms with van der Waals surface area (Å²) < 4.78 is 81.0. The molecule has 46 heavy (non-hydrogen) atoms. The van der Waals surface area contributed by atoms with Crippen molar-refractivity contribution in [1.82, 2.24) is 4.98 Å². The molecule has 1 heterocycles. The zero-order valence-corrected chi connectivity index (χ0v) is 25.5. The van der Waals surface area contributed by atoms with Gasteiger partial charge in [-0.3, -0.25) is 9.59 Å². The minimum absolute atomic E-state index is 0.0185. The van der Waals surface area contributed by atoms with E-state index in [1.165, 1.54) is 27.1 Å². The topological polar surface area (TPSA) is 106 Å². The number of pyridine rings is 1. The maximum absolute atomic E-state index is 13.8. The van der Waals surface area contributed by atoms with Crippen molar-refractivity contribution in [2.75, 3.05) is 11.9 Å². The van der Waals surface area contributed by atoms with Crippen LogP contribution in [-0.2, 0) is 27.4 Å². The third-order valence-electron chi connectivity index (χ3n) is 7.89. The molecule has 1 amide bonds. The number of nitrogens with zero attached hydrogens (tertiary/aromatic N) is 3. The van der Waals surface area contributed by atoms with Gasteiger partial charge in [-0.15, -0.1) is 0 Å². The van der Waals surface area contributed by atoms with E-state index in [2.05, 4.69) is 9.98 Å². The van der Waals surface area contributed by atoms with Crippen LogP contribution in [0.5, 0.6) is 0 Å². The molecule has 246 valence electrons. The number of halogens is 6. The van der Waals surface area contributed by atoms with E-state index in [0.717, 1.165) is 36.1 Å². The van der Waals surface area contributed by atoms with Crippen molar-refractivity contribution < 1.29 is 46.1 Å². The largest absolute Gasteiger partial charge is 0.861 e. The van der Waals surface area contributed by atoms with E-state index < -0.39 is 46.3 Å². The molecule has 3 aromatic rings. The lowest BCUT2D eigenvalue weighted by Crippen LogP contribution is -2.42. The van der Waals surface area contributed by atoms with Crippen molar-refractivity contribution in [1.29, 1.82) is 0 Å². The van der Waals surface area contributed by atoms with E-state index >= 15 is 0 Å². The molecule has 0 atom stereocenters. The molecule has 2 saturated carbocycles. The number of carbonyl (C=O) groups is 2. The number of hydrogen-bond donors (Lipinski definition) is 1. The first kappa shape index (κ1) is 34.5. The van der Waals surface area contributed by atoms with E-state index in [4.69, 9.17) is 5.11 Å². The van der Waals surface area contributed by atoms with Crippen molar-refractivity contribution in [2.45, 2.75) is 64.2 Å². The number of amides is 1. The first-order chi connectivity index (χ1) is 21.3. The van der Waals surface area contributed by atoms with Gasteiger partial charge in [0.05, 0.1) is 34.3 Å². The third-order valence-corrected chi connectivity index (χ3v) is 7.89. The SMILES string of the molecule is Cc1ccccc1-c1cc(N=C([O-])C2CC2)ncc1N(C)C(=O)C(C)(C)c1cc(C(F)(F)F)cc(C(F)(F)F)c1.O=C(O)C1CC1. The maximum atomic E-state index is 13.8. The Labute approximate surface area is 261 Å². The van der Waals surface area contributed by atoms with Crippen molar-refractivity contribution in [3.63, 3.8) is 0 Å². The lowest BCUT2D eigenvalue weighted by molar-refractivity contribution is -0.220. The number of aromatic nitrogens is 1. The molecule has 0 radical (unpaired) electrons. The highest BCUT2D eigenvalue weighted by molar-refractivity contribution is 6.03. The summed E-state index contributed by atoms with van der Waals surface area (Å²) in [5.41, 5.74) is -3.03. The molecule has 7 nitrogen and oxygen atoms in total. The monoisotopic (exact) mass is 648 g/mol. The summed E-state index contributed by atoms with van der Waals surface area (Å²) in [6.07, 6.45) is -5.49. The summed E-state index contributed by atoms with van der Waals surface area (Å²) in [7, 11) is 1.37. The minimum atomic E-state index is -5.06. The Kier molecular flexibility index (Phi) is 9.56. The van der Waals surface area contributed by atoms with Crippen LogP contribution >= 0.6 is 0 Å². The van der Waals surface area contributed by atoms with E-state index in [1.807, 2.05) is 19.1 Å². The summed E-state index contributed by atoms with van der Waals surface area (Å²) in [5.74, 6) is -1.68. The lowest BCUT2D eigenvalue weighted by atomic mass is 9.81. The van der Waals surface area contributed by atoms with Crippen LogP contribution in [0.3, 0.4) is 0 Å². The van der Waals surface area contributed by atoms with E-state index in [-0.39, 0.29) is 35.3 Å². The number of anilines is 1. The maximum Gasteiger partial charge on any atom is 0.416 e. The van der Waals surface area contributed by atoms with E-state index in [0.29, 0.717) is 23.3 Å². The molecule has 2 aromatic carbocycles. The quantitative estimate of drug-likeness (QED) is 0.164. The molecule has 13 heteroatoms. The van der Waals surface area contributed by atoms with Crippen LogP contribution in [0, 0.1) is 18.8 Å². The number of aliphatic imine (C=N–C) groups is 1. The van der Waals surface area contributed by atoms with Gasteiger partial charge in [-0.2, -0.15) is 26.3 Å². The van der Waals surface area contributed by atoms with Gasteiger partial charge in [0, 0.05) is 12.6 Å². The van der Waals surface area contributed by atoms with Gasteiger partial charge < -0.3 is 15.1 Å². The number of aliphatic carboxylic acids is 1. The molecular formula is C33H32F6N3O4-. The number of carbonyl (C=O) groups excluding carboxylic acids is 1. The molecule has 0 saturated heterocycles. The highest BCUT2D eigenvalue weighted by Crippen LogP contribution is 2.41. The Bertz CT molecular complexity index is 1630. The number of aryl methyl sites for hydroxylation is 1. The van der Waals surface area contributed by atoms with Gasteiger partial charge in [0.2, 0.25) is 5.91 Å². The van der Waals surface area contributed by atoms with Gasteiger partial charge in [-0.25, -0.2) is 9.98 Å². The lowest BCUT2D eigenvalue weighted by Gasteiger charge is -2.32. The molecule has 1 aromatic heterocycles. The van der Waals surface area contributed by atoms with Gasteiger partial charge in [0.1, 0.15) is 0 Å². The van der Waals surface area contributed by atoms with Crippen LogP contribution in [0.1, 0.15) is 61.8 Å². The second-order valence-electron chi connectivity index (χ2n) is 12.0. The Hall–Kier alpha value is -4.42. The summed E-state index contributed by atoms with van der Waals surface area (Å²) in [6, 6.07) is 9.89. The predicted octanol–water partition coefficient (Wildman–Crippen LogP) is 7.32. The fourth-order valence-electron chi connectivity index (χ4n) is 4.69. The zero-order chi connectivity index (χ0) is 34.2. The molecule has 0 aliphatic heterocycles. The molecular weight excluding hydrogens is 616 g/mol. The number of likely N-dealkylation sites (N-methyl/N-ethyl adjacent to an activating group) is 1. The fourth-order valence-corrected chi connectivity index (χ4v) is 4.69. The van der Waals surface area contributed by atoms with E-state index in [9.17, 15) is 41.0 Å². The first-order valence-electron chi connectivity index (χ1n) is 14.4. The second-order valence-corrected chi connectivity index (χ2v) is 12.0. The van der Waals surface area contributed by atoms with Crippen LogP contribution in [0.2, 0.25) is 0 Å². The van der Waals surface area contributed by atoms with Crippen LogP contribution < -0.4 is 10.0 Å². The molecule has 0 spiro atoms. The average Bonchev–Trinajstić information content (AvgIpc) is 3.88. The number of carboxylic acids is 1. The smallest absolute Gasteiger partial charge is 0.416 e. The predicted molar refractivity (Wildman–Crippen MR) is 157 cm³/mol. The molecule has 1 N–H and O–H groups in total. The van der Waals surface area contributed by atoms with Crippen LogP contribution in [0.25, 0.3) is 11.1 Å². The Balaban J connectivity index is 0.000000717. The molecule has 2 fully saturated rings. The second kappa shape index (κ2) is 12.8. The summed E-state index contributed by atoms with van der Waals surface area (Å²) in [6.45, 7) is 4.36. The molecule has 2 aliphatic carbocycles. The van der Waals surface area contributed by atoms with Gasteiger partial charge >= 0.3 is 18.3 Å². The minimum Gasteiger partial charge on any atom is -0.861 e. The molecule has 0 bridgehead atoms. The Morgan fingerprint density at radius 2 is 1.39 bits per heavy atom. The van der Waals surface area contributed by atoms with Crippen LogP contribution in [-0.4, -0.2) is 34.9 Å². The number of alkyl halides is 6. The Morgan fingerprint density at radius 3 is 1.85 bits per heavy atom. The van der Waals surface area contributed by atoms with Crippen molar-refractivity contribution in [3.8, 4) is 11.1 Å². The third kappa shape index (κ3) is 8.04. The van der Waals surface area contributed by atoms with Crippen molar-refractivity contribution >= 4 is 29.3 Å². The fraction of sp³-hybridized carbons (Fsp3) is 0.394. The van der Waals surface area contributed by atoms with Crippen molar-refractivity contribution in [3.05, 3.63) is 77.0 Å². The summed E-state index contributed by atoms with van der Waals surface area (Å²) in [4.78, 5) is 33.0. The summed E-state index contributed by atoms with van der Waals surface area (Å²) in [5, 5.41) is 20.3. The standard InChI is InChI=1S/C29H27F6N3O2.C4H6O2/c1-16-7-5-6-8-21(16)22-14-24(37-25(39)17-9-10-17)36-15-23(22)38(4)26(40)27(2,3)18-11-19(28(30,31)32)13-20(12-18)29(33,34)35;5-4(6)3-1-2-3/h5-8,11-15,17H,9-10H2,1-4H3,(H,36,37,39);3H,1-2H2,(H,5,6)/p-1. The molecule has 0 unspecified atom stereocenters. The number of hydrogen-bond acceptors (Lipinski definition) is 5. The number of benzene rings is 2. The van der Waals surface area contributed by atoms with Crippen LogP contribution in [0.4, 0.5) is 37.8 Å². The van der Waals surface area contributed by atoms with Crippen molar-refractivity contribution in [2.24, 2.45) is 16.8 Å². The van der Waals surface area contributed by atoms with Gasteiger partial charge in [-0.05, 0) is 99.2 Å². The van der Waals surface area contributed by atoms with E-state index in [1.54, 1.807) is 18.2 Å². The number of carboxylic acid groups (broad SMARTS) is 1. The Morgan fingerprint density at radius 1 is 0.870 bits per heavy atom. The molecule has 5 rings (SSSR count). The van der Waals surface area contributed by atoms with Gasteiger partial charge in [0.15, 0.2) is 5.82 Å². The summed E-state index contributed by atoms with van der Waals surface area (Å²) >= 11 is 0. The highest BCUT2D eigenvalue weighted by Gasteiger charge is 2.41. The zero-order valence-electron chi connectivity index (χ0n) is 25.5. The average molecular weight is 649 g/mol. The van der Waals surface area contributed by atoms with Gasteiger partial charge in [0.25, 0.3) is 0 Å². The molecule has 2 aliphatic rings. The first-order valence-corrected chi connectivity index (χ1v) is 14.4. The van der Waals surface area contributed by atoms with Crippen LogP contribution in [0.15, 0.2) is 59.7 Å². The normalized spacial score (nSPS) is 15.6. The van der Waals surface area contributed by atoms with Gasteiger partial charge in [-0.1, -0.05) is 24.3 Å². The number of rotatable bonds is 7.